The van der Waals surface area contributed by atoms with Gasteiger partial charge >= 0.3 is 0 Å². The van der Waals surface area contributed by atoms with Gasteiger partial charge in [0.25, 0.3) is 5.91 Å². The van der Waals surface area contributed by atoms with Crippen LogP contribution in [0.1, 0.15) is 72.2 Å². The van der Waals surface area contributed by atoms with Crippen molar-refractivity contribution >= 4 is 22.2 Å². The minimum absolute atomic E-state index is 0.0787. The second-order valence-electron chi connectivity index (χ2n) is 8.66. The lowest BCUT2D eigenvalue weighted by Crippen LogP contribution is -2.38. The van der Waals surface area contributed by atoms with Gasteiger partial charge in [0, 0.05) is 4.88 Å². The molecule has 1 amide bonds. The van der Waals surface area contributed by atoms with Crippen molar-refractivity contribution in [1.29, 1.82) is 0 Å². The molecule has 1 aliphatic heterocycles. The fourth-order valence-corrected chi connectivity index (χ4v) is 5.50. The van der Waals surface area contributed by atoms with E-state index in [4.69, 9.17) is 0 Å². The Hall–Kier alpha value is -1.81. The Kier molecular flexibility index (Phi) is 4.34. The van der Waals surface area contributed by atoms with Crippen LogP contribution in [0.5, 0.6) is 0 Å². The van der Waals surface area contributed by atoms with E-state index in [1.807, 2.05) is 0 Å². The molecule has 0 spiro atoms. The van der Waals surface area contributed by atoms with Crippen molar-refractivity contribution in [2.45, 2.75) is 59.5 Å². The predicted octanol–water partition coefficient (Wildman–Crippen LogP) is 5.32. The number of aryl methyl sites for hydroxylation is 1. The molecule has 2 atom stereocenters. The highest BCUT2D eigenvalue weighted by atomic mass is 32.1. The molecule has 0 saturated heterocycles. The lowest BCUT2D eigenvalue weighted by atomic mass is 9.72. The van der Waals surface area contributed by atoms with Crippen LogP contribution in [0.25, 0.3) is 0 Å². The highest BCUT2D eigenvalue weighted by Gasteiger charge is 2.36. The van der Waals surface area contributed by atoms with Crippen molar-refractivity contribution < 1.29 is 4.79 Å². The maximum atomic E-state index is 12.9. The SMILES string of the molecule is CCc1ccc(C2NC(=O)c3c(sc4c3CCC(C(C)(C)C)C4)N2)cc1. The summed E-state index contributed by atoms with van der Waals surface area (Å²) in [7, 11) is 0. The summed E-state index contributed by atoms with van der Waals surface area (Å²) in [6, 6.07) is 8.52. The number of hydrogen-bond acceptors (Lipinski definition) is 3. The van der Waals surface area contributed by atoms with Gasteiger partial charge in [-0.1, -0.05) is 52.0 Å². The van der Waals surface area contributed by atoms with Gasteiger partial charge in [-0.05, 0) is 53.7 Å². The highest BCUT2D eigenvalue weighted by molar-refractivity contribution is 7.16. The zero-order valence-corrected chi connectivity index (χ0v) is 16.9. The predicted molar refractivity (Wildman–Crippen MR) is 109 cm³/mol. The summed E-state index contributed by atoms with van der Waals surface area (Å²) < 4.78 is 0. The van der Waals surface area contributed by atoms with Crippen LogP contribution in [0.2, 0.25) is 0 Å². The van der Waals surface area contributed by atoms with Crippen LogP contribution in [0, 0.1) is 11.3 Å². The van der Waals surface area contributed by atoms with Gasteiger partial charge in [-0.15, -0.1) is 11.3 Å². The molecule has 2 aromatic rings. The zero-order chi connectivity index (χ0) is 18.5. The second kappa shape index (κ2) is 6.41. The maximum absolute atomic E-state index is 12.9. The molecule has 0 saturated carbocycles. The fraction of sp³-hybridized carbons (Fsp3) is 0.500. The lowest BCUT2D eigenvalue weighted by Gasteiger charge is -2.34. The van der Waals surface area contributed by atoms with Crippen LogP contribution < -0.4 is 10.6 Å². The average Bonchev–Trinajstić information content (AvgIpc) is 2.99. The van der Waals surface area contributed by atoms with Crippen LogP contribution in [0.4, 0.5) is 5.00 Å². The topological polar surface area (TPSA) is 41.1 Å². The third-order valence-corrected chi connectivity index (χ3v) is 7.17. The van der Waals surface area contributed by atoms with Crippen LogP contribution in [0.3, 0.4) is 0 Å². The van der Waals surface area contributed by atoms with Crippen LogP contribution in [0.15, 0.2) is 24.3 Å². The van der Waals surface area contributed by atoms with E-state index in [2.05, 4.69) is 62.6 Å². The molecule has 138 valence electrons. The standard InChI is InChI=1S/C22H28N2OS/c1-5-13-6-8-14(9-7-13)19-23-20(25)18-16-11-10-15(22(2,3)4)12-17(16)26-21(18)24-19/h6-9,15,19,24H,5,10-12H2,1-4H3,(H,23,25). The quantitative estimate of drug-likeness (QED) is 0.753. The van der Waals surface area contributed by atoms with Gasteiger partial charge in [-0.25, -0.2) is 0 Å². The monoisotopic (exact) mass is 368 g/mol. The van der Waals surface area contributed by atoms with E-state index >= 15 is 0 Å². The summed E-state index contributed by atoms with van der Waals surface area (Å²) in [5, 5.41) is 7.79. The van der Waals surface area contributed by atoms with E-state index in [1.165, 1.54) is 22.4 Å². The number of carbonyl (C=O) groups excluding carboxylic acids is 1. The van der Waals surface area contributed by atoms with Gasteiger partial charge in [-0.3, -0.25) is 4.79 Å². The highest BCUT2D eigenvalue weighted by Crippen LogP contribution is 2.45. The Labute approximate surface area is 160 Å². The molecule has 26 heavy (non-hydrogen) atoms. The molecular formula is C22H28N2OS. The van der Waals surface area contributed by atoms with Gasteiger partial charge in [0.15, 0.2) is 0 Å². The molecule has 0 radical (unpaired) electrons. The van der Waals surface area contributed by atoms with Crippen molar-refractivity contribution in [2.75, 3.05) is 5.32 Å². The third kappa shape index (κ3) is 3.05. The number of amides is 1. The van der Waals surface area contributed by atoms with Gasteiger partial charge < -0.3 is 10.6 Å². The van der Waals surface area contributed by atoms with E-state index in [0.29, 0.717) is 11.3 Å². The zero-order valence-electron chi connectivity index (χ0n) is 16.1. The van der Waals surface area contributed by atoms with Gasteiger partial charge in [0.05, 0.1) is 5.56 Å². The summed E-state index contributed by atoms with van der Waals surface area (Å²) in [6.45, 7) is 9.15. The van der Waals surface area contributed by atoms with Crippen molar-refractivity contribution in [1.82, 2.24) is 5.32 Å². The number of carbonyl (C=O) groups is 1. The van der Waals surface area contributed by atoms with Gasteiger partial charge in [0.2, 0.25) is 0 Å². The largest absolute Gasteiger partial charge is 0.353 e. The normalized spacial score (nSPS) is 22.2. The Balaban J connectivity index is 1.62. The number of thiophene rings is 1. The van der Waals surface area contributed by atoms with E-state index < -0.39 is 0 Å². The number of rotatable bonds is 2. The first kappa shape index (κ1) is 17.6. The molecule has 4 rings (SSSR count). The average molecular weight is 369 g/mol. The Bertz CT molecular complexity index is 829. The first-order chi connectivity index (χ1) is 12.4. The summed E-state index contributed by atoms with van der Waals surface area (Å²) >= 11 is 1.80. The van der Waals surface area contributed by atoms with Crippen LogP contribution in [-0.2, 0) is 19.3 Å². The molecule has 0 fully saturated rings. The molecule has 1 aromatic heterocycles. The third-order valence-electron chi connectivity index (χ3n) is 5.99. The van der Waals surface area contributed by atoms with Crippen molar-refractivity contribution in [3.63, 3.8) is 0 Å². The number of anilines is 1. The summed E-state index contributed by atoms with van der Waals surface area (Å²) in [5.41, 5.74) is 4.94. The first-order valence-corrected chi connectivity index (χ1v) is 10.5. The van der Waals surface area contributed by atoms with E-state index in [1.54, 1.807) is 11.3 Å². The van der Waals surface area contributed by atoms with E-state index in [-0.39, 0.29) is 12.1 Å². The first-order valence-electron chi connectivity index (χ1n) is 9.67. The molecule has 0 bridgehead atoms. The number of benzene rings is 1. The van der Waals surface area contributed by atoms with Crippen molar-refractivity contribution in [2.24, 2.45) is 11.3 Å². The molecule has 2 aliphatic rings. The minimum atomic E-state index is -0.139. The fourth-order valence-electron chi connectivity index (χ4n) is 4.15. The Morgan fingerprint density at radius 2 is 1.88 bits per heavy atom. The Morgan fingerprint density at radius 3 is 2.54 bits per heavy atom. The van der Waals surface area contributed by atoms with E-state index in [9.17, 15) is 4.79 Å². The molecular weight excluding hydrogens is 340 g/mol. The van der Waals surface area contributed by atoms with Crippen molar-refractivity contribution in [3.8, 4) is 0 Å². The number of nitrogens with one attached hydrogen (secondary N) is 2. The molecule has 2 unspecified atom stereocenters. The van der Waals surface area contributed by atoms with Gasteiger partial charge in [0.1, 0.15) is 11.2 Å². The number of fused-ring (bicyclic) bond motifs is 3. The van der Waals surface area contributed by atoms with Gasteiger partial charge in [-0.2, -0.15) is 0 Å². The summed E-state index contributed by atoms with van der Waals surface area (Å²) in [6.07, 6.45) is 4.19. The summed E-state index contributed by atoms with van der Waals surface area (Å²) in [4.78, 5) is 14.3. The molecule has 4 heteroatoms. The molecule has 1 aromatic carbocycles. The molecule has 2 heterocycles. The van der Waals surface area contributed by atoms with Crippen LogP contribution >= 0.6 is 11.3 Å². The second-order valence-corrected chi connectivity index (χ2v) is 9.76. The maximum Gasteiger partial charge on any atom is 0.256 e. The smallest absolute Gasteiger partial charge is 0.256 e. The number of hydrogen-bond donors (Lipinski definition) is 2. The molecule has 3 nitrogen and oxygen atoms in total. The Morgan fingerprint density at radius 1 is 1.15 bits per heavy atom. The lowest BCUT2D eigenvalue weighted by molar-refractivity contribution is 0.0935. The minimum Gasteiger partial charge on any atom is -0.353 e. The van der Waals surface area contributed by atoms with Crippen molar-refractivity contribution in [3.05, 3.63) is 51.4 Å². The van der Waals surface area contributed by atoms with Crippen LogP contribution in [-0.4, -0.2) is 5.91 Å². The molecule has 2 N–H and O–H groups in total. The molecule has 1 aliphatic carbocycles. The van der Waals surface area contributed by atoms with E-state index in [0.717, 1.165) is 35.4 Å². The summed E-state index contributed by atoms with van der Waals surface area (Å²) in [5.74, 6) is 0.769.